The number of anilines is 1. The Hall–Kier alpha value is -4.94. The van der Waals surface area contributed by atoms with Crippen LogP contribution in [0.3, 0.4) is 0 Å². The number of imide groups is 1. The maximum Gasteiger partial charge on any atom is 0.408 e. The van der Waals surface area contributed by atoms with Crippen LogP contribution < -0.4 is 10.2 Å². The van der Waals surface area contributed by atoms with E-state index in [9.17, 15) is 19.5 Å². The van der Waals surface area contributed by atoms with Gasteiger partial charge in [0.05, 0.1) is 30.9 Å². The third kappa shape index (κ3) is 8.76. The molecule has 4 aromatic rings. The van der Waals surface area contributed by atoms with Crippen molar-refractivity contribution in [3.05, 3.63) is 131 Å². The van der Waals surface area contributed by atoms with E-state index in [4.69, 9.17) is 14.2 Å². The Morgan fingerprint density at radius 2 is 1.67 bits per heavy atom. The van der Waals surface area contributed by atoms with Gasteiger partial charge in [0, 0.05) is 43.4 Å². The summed E-state index contributed by atoms with van der Waals surface area (Å²) < 4.78 is 18.2. The van der Waals surface area contributed by atoms with Crippen LogP contribution in [0.2, 0.25) is 0 Å². The van der Waals surface area contributed by atoms with Gasteiger partial charge < -0.3 is 29.5 Å². The zero-order chi connectivity index (χ0) is 34.2. The lowest BCUT2D eigenvalue weighted by atomic mass is 9.99. The lowest BCUT2D eigenvalue weighted by molar-refractivity contribution is -0.252. The Morgan fingerprint density at radius 1 is 0.939 bits per heavy atom. The zero-order valence-electron chi connectivity index (χ0n) is 27.3. The van der Waals surface area contributed by atoms with Gasteiger partial charge in [-0.25, -0.2) is 9.69 Å². The fourth-order valence-electron chi connectivity index (χ4n) is 6.03. The predicted octanol–water partition coefficient (Wildman–Crippen LogP) is 4.85. The van der Waals surface area contributed by atoms with Gasteiger partial charge in [-0.15, -0.1) is 0 Å². The summed E-state index contributed by atoms with van der Waals surface area (Å²) in [7, 11) is 2.06. The molecule has 4 atom stereocenters. The van der Waals surface area contributed by atoms with Crippen molar-refractivity contribution in [3.8, 4) is 0 Å². The van der Waals surface area contributed by atoms with E-state index in [0.717, 1.165) is 45.8 Å². The van der Waals surface area contributed by atoms with Gasteiger partial charge in [-0.05, 0) is 48.0 Å². The van der Waals surface area contributed by atoms with Crippen molar-refractivity contribution >= 4 is 23.6 Å². The van der Waals surface area contributed by atoms with Crippen LogP contribution in [0.1, 0.15) is 53.2 Å². The second kappa shape index (κ2) is 16.0. The van der Waals surface area contributed by atoms with Crippen LogP contribution in [0.25, 0.3) is 0 Å². The summed E-state index contributed by atoms with van der Waals surface area (Å²) in [5.74, 6) is -0.948. The minimum Gasteiger partial charge on any atom is -0.445 e. The molecule has 0 radical (unpaired) electrons. The van der Waals surface area contributed by atoms with Crippen molar-refractivity contribution in [2.45, 2.75) is 57.0 Å². The summed E-state index contributed by atoms with van der Waals surface area (Å²) in [6, 6.07) is 28.7. The number of aliphatic hydroxyl groups excluding tert-OH is 1. The molecule has 0 aliphatic carbocycles. The minimum absolute atomic E-state index is 0.0369. The molecule has 3 amide bonds. The Kier molecular flexibility index (Phi) is 11.1. The van der Waals surface area contributed by atoms with Crippen molar-refractivity contribution in [1.82, 2.24) is 15.2 Å². The summed E-state index contributed by atoms with van der Waals surface area (Å²) in [6.07, 6.45) is 1.22. The molecule has 3 aromatic carbocycles. The van der Waals surface area contributed by atoms with E-state index in [1.165, 1.54) is 0 Å². The number of amides is 3. The highest BCUT2D eigenvalue weighted by atomic mass is 16.7. The van der Waals surface area contributed by atoms with Crippen LogP contribution in [-0.4, -0.2) is 65.2 Å². The van der Waals surface area contributed by atoms with Gasteiger partial charge in [0.15, 0.2) is 6.29 Å². The summed E-state index contributed by atoms with van der Waals surface area (Å²) in [5, 5.41) is 12.0. The molecule has 2 fully saturated rings. The lowest BCUT2D eigenvalue weighted by Crippen LogP contribution is -2.42. The van der Waals surface area contributed by atoms with Crippen LogP contribution in [0.4, 0.5) is 10.5 Å². The largest absolute Gasteiger partial charge is 0.445 e. The summed E-state index contributed by atoms with van der Waals surface area (Å²) in [5.41, 5.74) is 4.77. The standard InChI is InChI=1S/C38H40N4O7/c1-41(20-18-30-9-5-6-19-39-30)23-32-21-34(28-12-10-26(24-43)11-13-28)49-37(48-32)29-14-16-31(17-15-29)42-35(44)22-33(36(42)45)40-38(46)47-25-27-7-3-2-4-8-27/h2-17,19,32-34,37,43H,18,20-25H2,1H3,(H,40,46)/t32-,33?,34+,37+/m0/s1. The van der Waals surface area contributed by atoms with E-state index in [-0.39, 0.29) is 31.8 Å². The monoisotopic (exact) mass is 664 g/mol. The van der Waals surface area contributed by atoms with E-state index in [2.05, 4.69) is 22.2 Å². The van der Waals surface area contributed by atoms with E-state index in [1.54, 1.807) is 30.5 Å². The van der Waals surface area contributed by atoms with E-state index < -0.39 is 30.2 Å². The van der Waals surface area contributed by atoms with Crippen LogP contribution >= 0.6 is 0 Å². The fraction of sp³-hybridized carbons (Fsp3) is 0.316. The van der Waals surface area contributed by atoms with Gasteiger partial charge in [-0.3, -0.25) is 14.6 Å². The van der Waals surface area contributed by atoms with Crippen molar-refractivity contribution in [1.29, 1.82) is 0 Å². The molecule has 2 aliphatic rings. The van der Waals surface area contributed by atoms with Gasteiger partial charge in [-0.2, -0.15) is 0 Å². The molecule has 0 bridgehead atoms. The number of nitrogens with zero attached hydrogens (tertiary/aromatic N) is 3. The minimum atomic E-state index is -1.02. The van der Waals surface area contributed by atoms with Crippen LogP contribution in [0.15, 0.2) is 103 Å². The van der Waals surface area contributed by atoms with E-state index in [0.29, 0.717) is 18.7 Å². The van der Waals surface area contributed by atoms with Gasteiger partial charge in [-0.1, -0.05) is 72.8 Å². The first kappa shape index (κ1) is 33.9. The van der Waals surface area contributed by atoms with Crippen molar-refractivity contribution in [2.75, 3.05) is 25.0 Å². The van der Waals surface area contributed by atoms with Crippen LogP contribution in [-0.2, 0) is 43.4 Å². The number of rotatable bonds is 12. The molecule has 49 heavy (non-hydrogen) atoms. The van der Waals surface area contributed by atoms with Crippen molar-refractivity contribution < 1.29 is 33.7 Å². The number of hydrogen-bond acceptors (Lipinski definition) is 9. The molecule has 1 unspecified atom stereocenters. The number of aliphatic hydroxyl groups is 1. The SMILES string of the molecule is CN(CCc1ccccn1)C[C@@H]1C[C@H](c2ccc(CO)cc2)O[C@H](c2ccc(N3C(=O)CC(NC(=O)OCc4ccccc4)C3=O)cc2)O1. The highest BCUT2D eigenvalue weighted by Gasteiger charge is 2.41. The normalized spacial score (nSPS) is 20.8. The number of alkyl carbamates (subject to hydrolysis) is 1. The van der Waals surface area contributed by atoms with Crippen LogP contribution in [0.5, 0.6) is 0 Å². The number of aromatic nitrogens is 1. The van der Waals surface area contributed by atoms with Crippen molar-refractivity contribution in [2.24, 2.45) is 0 Å². The number of carbonyl (C=O) groups excluding carboxylic acids is 3. The van der Waals surface area contributed by atoms with E-state index in [1.807, 2.05) is 72.8 Å². The summed E-state index contributed by atoms with van der Waals surface area (Å²) in [4.78, 5) is 46.2. The maximum atomic E-state index is 13.2. The average Bonchev–Trinajstić information content (AvgIpc) is 3.42. The third-order valence-corrected chi connectivity index (χ3v) is 8.68. The molecule has 2 aliphatic heterocycles. The Labute approximate surface area is 285 Å². The van der Waals surface area contributed by atoms with Gasteiger partial charge in [0.25, 0.3) is 5.91 Å². The molecule has 1 aromatic heterocycles. The first-order valence-corrected chi connectivity index (χ1v) is 16.4. The predicted molar refractivity (Wildman–Crippen MR) is 181 cm³/mol. The smallest absolute Gasteiger partial charge is 0.408 e. The molecule has 11 heteroatoms. The molecule has 2 saturated heterocycles. The Bertz CT molecular complexity index is 1700. The second-order valence-corrected chi connectivity index (χ2v) is 12.3. The number of carbonyl (C=O) groups is 3. The number of nitrogens with one attached hydrogen (secondary N) is 1. The average molecular weight is 665 g/mol. The Balaban J connectivity index is 1.11. The first-order valence-electron chi connectivity index (χ1n) is 16.4. The lowest BCUT2D eigenvalue weighted by Gasteiger charge is -2.38. The topological polar surface area (TPSA) is 131 Å². The maximum absolute atomic E-state index is 13.2. The molecule has 0 saturated carbocycles. The molecular formula is C38H40N4O7. The summed E-state index contributed by atoms with van der Waals surface area (Å²) >= 11 is 0. The molecule has 11 nitrogen and oxygen atoms in total. The van der Waals surface area contributed by atoms with Gasteiger partial charge >= 0.3 is 6.09 Å². The number of ether oxygens (including phenoxy) is 3. The zero-order valence-corrected chi connectivity index (χ0v) is 27.3. The third-order valence-electron chi connectivity index (χ3n) is 8.68. The molecule has 254 valence electrons. The van der Waals surface area contributed by atoms with Gasteiger partial charge in [0.2, 0.25) is 5.91 Å². The fourth-order valence-corrected chi connectivity index (χ4v) is 6.03. The molecule has 3 heterocycles. The highest BCUT2D eigenvalue weighted by Crippen LogP contribution is 2.38. The van der Waals surface area contributed by atoms with Crippen molar-refractivity contribution in [3.63, 3.8) is 0 Å². The summed E-state index contributed by atoms with van der Waals surface area (Å²) in [6.45, 7) is 1.50. The number of likely N-dealkylation sites (N-methyl/N-ethyl adjacent to an activating group) is 1. The van der Waals surface area contributed by atoms with Crippen LogP contribution in [0, 0.1) is 0 Å². The molecule has 2 N–H and O–H groups in total. The number of hydrogen-bond donors (Lipinski definition) is 2. The molecule has 6 rings (SSSR count). The Morgan fingerprint density at radius 3 is 2.39 bits per heavy atom. The number of pyridine rings is 1. The second-order valence-electron chi connectivity index (χ2n) is 12.3. The number of benzene rings is 3. The van der Waals surface area contributed by atoms with E-state index >= 15 is 0 Å². The quantitative estimate of drug-likeness (QED) is 0.204. The van der Waals surface area contributed by atoms with Gasteiger partial charge in [0.1, 0.15) is 12.6 Å². The molecular weight excluding hydrogens is 624 g/mol. The molecule has 0 spiro atoms. The first-order chi connectivity index (χ1) is 23.9. The highest BCUT2D eigenvalue weighted by molar-refractivity contribution is 6.22.